The van der Waals surface area contributed by atoms with Crippen LogP contribution in [0.1, 0.15) is 5.56 Å². The van der Waals surface area contributed by atoms with Crippen molar-refractivity contribution in [2.24, 2.45) is 0 Å². The summed E-state index contributed by atoms with van der Waals surface area (Å²) in [7, 11) is 4.06. The normalized spacial score (nSPS) is 28.4. The number of carbonyl (C=O) groups is 1. The molecule has 2 aliphatic rings. The van der Waals surface area contributed by atoms with Gasteiger partial charge in [0.25, 0.3) is 0 Å². The number of aliphatic hydroxyl groups is 5. The Morgan fingerprint density at radius 1 is 0.918 bits per heavy atom. The molecule has 2 aliphatic heterocycles. The second-order valence-electron chi connectivity index (χ2n) is 11.2. The number of hydrogen-bond acceptors (Lipinski definition) is 17. The van der Waals surface area contributed by atoms with Gasteiger partial charge in [-0.25, -0.2) is 9.59 Å². The van der Waals surface area contributed by atoms with E-state index in [1.54, 1.807) is 0 Å². The molecular formula is C32H36O17. The summed E-state index contributed by atoms with van der Waals surface area (Å²) in [4.78, 5) is 24.1. The fourth-order valence-corrected chi connectivity index (χ4v) is 5.13. The van der Waals surface area contributed by atoms with Crippen LogP contribution in [0.5, 0.6) is 28.7 Å². The number of methoxy groups -OCH3 is 3. The fraction of sp³-hybridized carbons (Fsp3) is 0.438. The Labute approximate surface area is 277 Å². The summed E-state index contributed by atoms with van der Waals surface area (Å²) in [6.07, 6.45) is -8.88. The molecule has 8 atom stereocenters. The Hall–Kier alpha value is -4.46. The van der Waals surface area contributed by atoms with Crippen LogP contribution in [-0.4, -0.2) is 126 Å². The average Bonchev–Trinajstić information content (AvgIpc) is 3.38. The smallest absolute Gasteiger partial charge is 0.336 e. The van der Waals surface area contributed by atoms with Crippen molar-refractivity contribution in [3.05, 3.63) is 58.5 Å². The van der Waals surface area contributed by atoms with Gasteiger partial charge in [0.15, 0.2) is 34.9 Å². The van der Waals surface area contributed by atoms with Gasteiger partial charge in [0.05, 0.1) is 34.5 Å². The number of fused-ring (bicyclic) bond motifs is 1. The van der Waals surface area contributed by atoms with E-state index in [1.165, 1.54) is 63.8 Å². The third-order valence-corrected chi connectivity index (χ3v) is 7.93. The molecule has 3 heterocycles. The minimum Gasteiger partial charge on any atom is -0.502 e. The van der Waals surface area contributed by atoms with Crippen LogP contribution in [0.25, 0.3) is 17.0 Å². The lowest BCUT2D eigenvalue weighted by Gasteiger charge is -2.40. The van der Waals surface area contributed by atoms with Crippen molar-refractivity contribution in [2.75, 3.05) is 41.2 Å². The molecule has 17 nitrogen and oxygen atoms in total. The summed E-state index contributed by atoms with van der Waals surface area (Å²) in [5, 5.41) is 63.9. The Kier molecular flexibility index (Phi) is 11.0. The number of rotatable bonds is 12. The van der Waals surface area contributed by atoms with Crippen LogP contribution in [0.4, 0.5) is 0 Å². The van der Waals surface area contributed by atoms with Crippen LogP contribution < -0.4 is 24.6 Å². The van der Waals surface area contributed by atoms with Crippen LogP contribution in [0.3, 0.4) is 0 Å². The molecule has 49 heavy (non-hydrogen) atoms. The van der Waals surface area contributed by atoms with Gasteiger partial charge in [-0.05, 0) is 35.9 Å². The highest BCUT2D eigenvalue weighted by Gasteiger charge is 2.51. The van der Waals surface area contributed by atoms with Crippen molar-refractivity contribution >= 4 is 23.0 Å². The second-order valence-corrected chi connectivity index (χ2v) is 11.2. The van der Waals surface area contributed by atoms with E-state index in [2.05, 4.69) is 0 Å². The van der Waals surface area contributed by atoms with E-state index in [0.717, 1.165) is 6.08 Å². The highest BCUT2D eigenvalue weighted by Crippen LogP contribution is 2.38. The molecule has 0 saturated carbocycles. The predicted octanol–water partition coefficient (Wildman–Crippen LogP) is -0.568. The molecule has 2 saturated heterocycles. The molecule has 0 unspecified atom stereocenters. The van der Waals surface area contributed by atoms with Crippen LogP contribution in [-0.2, 0) is 23.7 Å². The van der Waals surface area contributed by atoms with Gasteiger partial charge in [0, 0.05) is 23.6 Å². The number of aliphatic hydroxyl groups excluding tert-OH is 4. The molecule has 0 amide bonds. The van der Waals surface area contributed by atoms with E-state index in [4.69, 9.17) is 42.3 Å². The maximum atomic E-state index is 12.4. The molecule has 0 radical (unpaired) electrons. The SMILES string of the molecule is COc1cc2ccc(=O)oc2cc1O[C@@H]1O[C@H](CO[C@@H]2OC[C@](O)(COC(=O)C=Cc3cc(OC)c(O)c(OC)c3)[C@H]2O)[C@@H](O)[C@H](O)[C@H]1O. The van der Waals surface area contributed by atoms with Crippen molar-refractivity contribution in [3.8, 4) is 28.7 Å². The summed E-state index contributed by atoms with van der Waals surface area (Å²) in [6.45, 7) is -1.70. The van der Waals surface area contributed by atoms with E-state index in [0.29, 0.717) is 10.9 Å². The minimum atomic E-state index is -2.08. The van der Waals surface area contributed by atoms with Crippen molar-refractivity contribution in [1.82, 2.24) is 0 Å². The monoisotopic (exact) mass is 692 g/mol. The number of aromatic hydroxyl groups is 1. The van der Waals surface area contributed by atoms with Gasteiger partial charge in [-0.1, -0.05) is 0 Å². The average molecular weight is 693 g/mol. The first-order valence-electron chi connectivity index (χ1n) is 14.8. The number of phenols is 1. The summed E-state index contributed by atoms with van der Waals surface area (Å²) in [6, 6.07) is 8.51. The largest absolute Gasteiger partial charge is 0.502 e. The van der Waals surface area contributed by atoms with E-state index in [9.17, 15) is 40.2 Å². The maximum absolute atomic E-state index is 12.4. The highest BCUT2D eigenvalue weighted by atomic mass is 16.7. The zero-order chi connectivity index (χ0) is 35.5. The minimum absolute atomic E-state index is 0.0109. The summed E-state index contributed by atoms with van der Waals surface area (Å²) >= 11 is 0. The summed E-state index contributed by atoms with van der Waals surface area (Å²) in [5.41, 5.74) is -2.11. The molecule has 6 N–H and O–H groups in total. The van der Waals surface area contributed by atoms with Crippen LogP contribution in [0.2, 0.25) is 0 Å². The number of carbonyl (C=O) groups excluding carboxylic acids is 1. The molecule has 0 spiro atoms. The lowest BCUT2D eigenvalue weighted by atomic mass is 9.99. The molecule has 0 bridgehead atoms. The lowest BCUT2D eigenvalue weighted by molar-refractivity contribution is -0.289. The topological polar surface area (TPSA) is 242 Å². The van der Waals surface area contributed by atoms with Crippen molar-refractivity contribution in [2.45, 2.75) is 48.7 Å². The molecular weight excluding hydrogens is 656 g/mol. The van der Waals surface area contributed by atoms with E-state index < -0.39 is 80.1 Å². The number of hydrogen-bond donors (Lipinski definition) is 6. The molecule has 1 aromatic heterocycles. The standard InChI is InChI=1S/C32H36O17/c1-41-18-10-16-5-7-24(34)47-17(16)11-19(18)48-30-28(38)27(37)26(36)22(49-30)12-44-31-29(39)32(40,14-46-31)13-45-23(33)6-4-15-8-20(42-2)25(35)21(9-15)43-3/h4-11,22,26-31,35-40H,12-14H2,1-3H3/t22-,26-,27+,28-,29+,30-,31-,32-/m1/s1. The first kappa shape index (κ1) is 35.8. The predicted molar refractivity (Wildman–Crippen MR) is 164 cm³/mol. The van der Waals surface area contributed by atoms with Gasteiger partial charge >= 0.3 is 11.6 Å². The zero-order valence-electron chi connectivity index (χ0n) is 26.5. The quantitative estimate of drug-likeness (QED) is 0.0791. The Morgan fingerprint density at radius 3 is 2.29 bits per heavy atom. The Morgan fingerprint density at radius 2 is 1.61 bits per heavy atom. The third-order valence-electron chi connectivity index (χ3n) is 7.93. The van der Waals surface area contributed by atoms with E-state index in [-0.39, 0.29) is 34.3 Å². The van der Waals surface area contributed by atoms with Gasteiger partial charge in [-0.15, -0.1) is 0 Å². The van der Waals surface area contributed by atoms with Gasteiger partial charge in [0.2, 0.25) is 12.0 Å². The number of ether oxygens (including phenoxy) is 8. The molecule has 2 fully saturated rings. The number of esters is 1. The first-order chi connectivity index (χ1) is 23.4. The molecule has 0 aliphatic carbocycles. The van der Waals surface area contributed by atoms with E-state index in [1.807, 2.05) is 0 Å². The summed E-state index contributed by atoms with van der Waals surface area (Å²) < 4.78 is 48.1. The van der Waals surface area contributed by atoms with E-state index >= 15 is 0 Å². The Balaban J connectivity index is 1.18. The summed E-state index contributed by atoms with van der Waals surface area (Å²) in [5.74, 6) is -0.698. The zero-order valence-corrected chi connectivity index (χ0v) is 26.5. The Bertz CT molecular complexity index is 1700. The van der Waals surface area contributed by atoms with Gasteiger partial charge < -0.3 is 73.0 Å². The number of phenolic OH excluding ortho intramolecular Hbond substituents is 1. The second kappa shape index (κ2) is 15.0. The van der Waals surface area contributed by atoms with Crippen LogP contribution >= 0.6 is 0 Å². The van der Waals surface area contributed by atoms with Gasteiger partial charge in [-0.3, -0.25) is 0 Å². The van der Waals surface area contributed by atoms with Gasteiger partial charge in [-0.2, -0.15) is 0 Å². The lowest BCUT2D eigenvalue weighted by Crippen LogP contribution is -2.60. The van der Waals surface area contributed by atoms with Gasteiger partial charge in [0.1, 0.15) is 42.7 Å². The molecule has 2 aromatic carbocycles. The van der Waals surface area contributed by atoms with Crippen molar-refractivity contribution < 1.29 is 77.7 Å². The molecule has 5 rings (SSSR count). The number of benzene rings is 2. The molecule has 17 heteroatoms. The fourth-order valence-electron chi connectivity index (χ4n) is 5.13. The third kappa shape index (κ3) is 7.74. The molecule has 3 aromatic rings. The van der Waals surface area contributed by atoms with Crippen LogP contribution in [0, 0.1) is 0 Å². The van der Waals surface area contributed by atoms with Crippen molar-refractivity contribution in [3.63, 3.8) is 0 Å². The highest BCUT2D eigenvalue weighted by molar-refractivity contribution is 5.87. The van der Waals surface area contributed by atoms with Crippen LogP contribution in [0.15, 0.2) is 51.7 Å². The molecule has 266 valence electrons. The van der Waals surface area contributed by atoms with Crippen molar-refractivity contribution in [1.29, 1.82) is 0 Å². The first-order valence-corrected chi connectivity index (χ1v) is 14.8. The maximum Gasteiger partial charge on any atom is 0.336 e.